The highest BCUT2D eigenvalue weighted by atomic mass is 32.2. The van der Waals surface area contributed by atoms with E-state index in [4.69, 9.17) is 9.47 Å². The zero-order valence-electron chi connectivity index (χ0n) is 28.9. The topological polar surface area (TPSA) is 134 Å². The fourth-order valence-electron chi connectivity index (χ4n) is 6.68. The van der Waals surface area contributed by atoms with Crippen LogP contribution >= 0.6 is 11.8 Å². The summed E-state index contributed by atoms with van der Waals surface area (Å²) in [6, 6.07) is 10.8. The van der Waals surface area contributed by atoms with E-state index < -0.39 is 39.3 Å². The van der Waals surface area contributed by atoms with Crippen molar-refractivity contribution in [1.82, 2.24) is 0 Å². The molecule has 5 rings (SSSR count). The van der Waals surface area contributed by atoms with Crippen LogP contribution in [0.4, 0.5) is 18.9 Å². The second-order valence-corrected chi connectivity index (χ2v) is 14.8. The minimum Gasteiger partial charge on any atom is -0.508 e. The zero-order valence-corrected chi connectivity index (χ0v) is 29.7. The molecule has 0 spiro atoms. The maximum Gasteiger partial charge on any atom is 0.432 e. The number of hydrogen-bond donors (Lipinski definition) is 2. The van der Waals surface area contributed by atoms with Gasteiger partial charge in [-0.2, -0.15) is 29.0 Å². The number of thioether (sulfide) groups is 1. The quantitative estimate of drug-likeness (QED) is 0.203. The minimum atomic E-state index is -5.03. The van der Waals surface area contributed by atoms with Crippen molar-refractivity contribution in [3.05, 3.63) is 111 Å². The van der Waals surface area contributed by atoms with Crippen LogP contribution in [0.25, 0.3) is 6.08 Å². The number of anilines is 1. The molecule has 270 valence electrons. The van der Waals surface area contributed by atoms with Crippen LogP contribution in [0.3, 0.4) is 0 Å². The molecule has 0 fully saturated rings. The van der Waals surface area contributed by atoms with E-state index in [1.54, 1.807) is 18.2 Å². The number of benzene rings is 1. The van der Waals surface area contributed by atoms with Gasteiger partial charge in [-0.3, -0.25) is 0 Å². The van der Waals surface area contributed by atoms with Crippen LogP contribution in [0.1, 0.15) is 51.0 Å². The number of ether oxygens (including phenoxy) is 2. The van der Waals surface area contributed by atoms with Gasteiger partial charge in [0.15, 0.2) is 11.3 Å². The molecule has 0 bridgehead atoms. The Bertz CT molecular complexity index is 1940. The summed E-state index contributed by atoms with van der Waals surface area (Å²) in [5, 5.41) is 48.5. The number of nitrogens with zero attached hydrogens (tertiary/aromatic N) is 4. The Morgan fingerprint density at radius 3 is 2.56 bits per heavy atom. The van der Waals surface area contributed by atoms with Crippen molar-refractivity contribution in [3.63, 3.8) is 0 Å². The van der Waals surface area contributed by atoms with Crippen LogP contribution in [0.15, 0.2) is 106 Å². The lowest BCUT2D eigenvalue weighted by Crippen LogP contribution is -2.52. The number of hydrogen-bond acceptors (Lipinski definition) is 9. The molecule has 2 unspecified atom stereocenters. The Hall–Kier alpha value is -5.09. The minimum absolute atomic E-state index is 0.00836. The first-order valence-electron chi connectivity index (χ1n) is 16.9. The van der Waals surface area contributed by atoms with Crippen molar-refractivity contribution in [2.45, 2.75) is 62.0 Å². The molecule has 0 saturated heterocycles. The van der Waals surface area contributed by atoms with E-state index in [2.05, 4.69) is 24.3 Å². The third-order valence-corrected chi connectivity index (χ3v) is 10.9. The van der Waals surface area contributed by atoms with Crippen molar-refractivity contribution in [2.24, 2.45) is 5.92 Å². The van der Waals surface area contributed by atoms with Crippen molar-refractivity contribution in [3.8, 4) is 24.0 Å². The highest BCUT2D eigenvalue weighted by Crippen LogP contribution is 2.57. The highest BCUT2D eigenvalue weighted by molar-refractivity contribution is 8.04. The van der Waals surface area contributed by atoms with Gasteiger partial charge in [0.1, 0.15) is 36.3 Å². The van der Waals surface area contributed by atoms with Crippen LogP contribution < -0.4 is 9.64 Å². The van der Waals surface area contributed by atoms with E-state index in [0.29, 0.717) is 25.3 Å². The zero-order chi connectivity index (χ0) is 37.5. The summed E-state index contributed by atoms with van der Waals surface area (Å²) in [5.41, 5.74) is -1.70. The molecular formula is C40H39F3N4O4S. The SMILES string of the molecule is CN(CCO)c1ccc(/C=C/[C@@]2(C)CC=C(CCC3=C(C#N)C(=C(C#N)C#N)OC3(C3C=CC(O)=CC3)C(F)(F)F)S2)c(OCC2=CCCC=C2)c1. The summed E-state index contributed by atoms with van der Waals surface area (Å²) in [4.78, 5) is 2.77. The van der Waals surface area contributed by atoms with Crippen LogP contribution in [0, 0.1) is 39.9 Å². The molecule has 1 aromatic carbocycles. The summed E-state index contributed by atoms with van der Waals surface area (Å²) in [7, 11) is 1.89. The lowest BCUT2D eigenvalue weighted by atomic mass is 9.74. The van der Waals surface area contributed by atoms with Gasteiger partial charge in [-0.25, -0.2) is 0 Å². The molecular weight excluding hydrogens is 690 g/mol. The molecule has 2 aliphatic carbocycles. The summed E-state index contributed by atoms with van der Waals surface area (Å²) in [6.07, 6.45) is 13.2. The van der Waals surface area contributed by atoms with Crippen molar-refractivity contribution >= 4 is 23.5 Å². The summed E-state index contributed by atoms with van der Waals surface area (Å²) in [6.45, 7) is 2.91. The molecule has 12 heteroatoms. The van der Waals surface area contributed by atoms with E-state index in [1.165, 1.54) is 23.9 Å². The molecule has 52 heavy (non-hydrogen) atoms. The molecule has 2 aliphatic heterocycles. The van der Waals surface area contributed by atoms with E-state index in [-0.39, 0.29) is 37.2 Å². The Balaban J connectivity index is 1.39. The monoisotopic (exact) mass is 728 g/mol. The second kappa shape index (κ2) is 16.1. The molecule has 1 aromatic rings. The molecule has 8 nitrogen and oxygen atoms in total. The van der Waals surface area contributed by atoms with Gasteiger partial charge in [-0.15, -0.1) is 11.8 Å². The lowest BCUT2D eigenvalue weighted by molar-refractivity contribution is -0.258. The first kappa shape index (κ1) is 38.1. The maximum absolute atomic E-state index is 15.3. The average Bonchev–Trinajstić information content (AvgIpc) is 3.68. The van der Waals surface area contributed by atoms with E-state index >= 15 is 13.2 Å². The van der Waals surface area contributed by atoms with Gasteiger partial charge in [0.2, 0.25) is 5.60 Å². The standard InChI is InChI=1S/C40H39F3N4O4S/c1-38(18-16-28-8-11-31(47(2)20-21-48)22-36(28)50-26-27-6-4-3-5-7-27)19-17-33(52-38)14-15-35-34(25-46)37(29(23-44)24-45)51-39(35,40(41,42)43)30-9-12-32(49)13-10-30/h4,6-9,11-13,16-18,22,30,48-49H,3,5,10,14-15,19-21,26H2,1-2H3/b18-16+/t30?,38-,39?/m0/s1. The molecule has 2 N–H and O–H groups in total. The van der Waals surface area contributed by atoms with Gasteiger partial charge >= 0.3 is 6.18 Å². The Morgan fingerprint density at radius 2 is 1.92 bits per heavy atom. The fourth-order valence-corrected chi connectivity index (χ4v) is 7.96. The molecule has 0 aromatic heterocycles. The largest absolute Gasteiger partial charge is 0.508 e. The van der Waals surface area contributed by atoms with Crippen LogP contribution in [0.2, 0.25) is 0 Å². The smallest absolute Gasteiger partial charge is 0.432 e. The van der Waals surface area contributed by atoms with Gasteiger partial charge in [0.25, 0.3) is 0 Å². The predicted octanol–water partition coefficient (Wildman–Crippen LogP) is 8.81. The molecule has 0 saturated carbocycles. The summed E-state index contributed by atoms with van der Waals surface area (Å²) in [5.74, 6) is -1.54. The van der Waals surface area contributed by atoms with E-state index in [0.717, 1.165) is 40.6 Å². The van der Waals surface area contributed by atoms with Gasteiger partial charge in [-0.05, 0) is 80.2 Å². The summed E-state index contributed by atoms with van der Waals surface area (Å²) < 4.78 is 57.2. The van der Waals surface area contributed by atoms with E-state index in [1.807, 2.05) is 49.2 Å². The number of rotatable bonds is 12. The first-order chi connectivity index (χ1) is 24.9. The number of alkyl halides is 3. The van der Waals surface area contributed by atoms with Crippen molar-refractivity contribution in [1.29, 1.82) is 15.8 Å². The molecule has 0 amide bonds. The van der Waals surface area contributed by atoms with Crippen LogP contribution in [0.5, 0.6) is 5.75 Å². The number of likely N-dealkylation sites (N-methyl/N-ethyl adjacent to an activating group) is 1. The Labute approximate surface area is 306 Å². The summed E-state index contributed by atoms with van der Waals surface area (Å²) >= 11 is 1.52. The third kappa shape index (κ3) is 8.02. The number of allylic oxidation sites excluding steroid dienone is 8. The van der Waals surface area contributed by atoms with Crippen LogP contribution in [-0.2, 0) is 4.74 Å². The van der Waals surface area contributed by atoms with Gasteiger partial charge < -0.3 is 24.6 Å². The number of aliphatic hydroxyl groups is 2. The lowest BCUT2D eigenvalue weighted by Gasteiger charge is -2.39. The Morgan fingerprint density at radius 1 is 1.13 bits per heavy atom. The average molecular weight is 729 g/mol. The van der Waals surface area contributed by atoms with Crippen molar-refractivity contribution in [2.75, 3.05) is 31.7 Å². The molecule has 3 atom stereocenters. The van der Waals surface area contributed by atoms with Gasteiger partial charge in [0.05, 0.1) is 12.2 Å². The fraction of sp³-hybridized carbons (Fsp3) is 0.375. The number of aliphatic hydroxyl groups excluding tert-OH is 2. The number of halogens is 3. The highest BCUT2D eigenvalue weighted by Gasteiger charge is 2.67. The first-order valence-corrected chi connectivity index (χ1v) is 17.7. The molecule has 4 aliphatic rings. The maximum atomic E-state index is 15.3. The predicted molar refractivity (Wildman–Crippen MR) is 194 cm³/mol. The second-order valence-electron chi connectivity index (χ2n) is 13.1. The van der Waals surface area contributed by atoms with Crippen molar-refractivity contribution < 1.29 is 32.9 Å². The number of nitriles is 3. The Kier molecular flexibility index (Phi) is 11.8. The van der Waals surface area contributed by atoms with E-state index in [9.17, 15) is 26.0 Å². The third-order valence-electron chi connectivity index (χ3n) is 9.50. The molecule has 2 heterocycles. The molecule has 0 radical (unpaired) electrons. The van der Waals surface area contributed by atoms with Gasteiger partial charge in [0, 0.05) is 47.1 Å². The normalized spacial score (nSPS) is 24.1. The van der Waals surface area contributed by atoms with Gasteiger partial charge in [-0.1, -0.05) is 42.5 Å². The van der Waals surface area contributed by atoms with Crippen LogP contribution in [-0.4, -0.2) is 53.5 Å².